The summed E-state index contributed by atoms with van der Waals surface area (Å²) >= 11 is 5.86. The molecule has 0 radical (unpaired) electrons. The van der Waals surface area contributed by atoms with Gasteiger partial charge in [-0.2, -0.15) is 5.10 Å². The van der Waals surface area contributed by atoms with Crippen LogP contribution in [0.15, 0.2) is 24.3 Å². The van der Waals surface area contributed by atoms with E-state index < -0.39 is 5.97 Å². The average molecular weight is 364 g/mol. The molecule has 6 nitrogen and oxygen atoms in total. The van der Waals surface area contributed by atoms with Crippen molar-refractivity contribution in [2.24, 2.45) is 7.05 Å². The zero-order valence-electron chi connectivity index (χ0n) is 14.6. The van der Waals surface area contributed by atoms with E-state index in [1.165, 1.54) is 4.90 Å². The smallest absolute Gasteiger partial charge is 0.323 e. The van der Waals surface area contributed by atoms with Gasteiger partial charge in [0.15, 0.2) is 0 Å². The van der Waals surface area contributed by atoms with E-state index in [1.54, 1.807) is 28.9 Å². The van der Waals surface area contributed by atoms with Crippen LogP contribution < -0.4 is 0 Å². The number of carbonyl (C=O) groups is 2. The van der Waals surface area contributed by atoms with Gasteiger partial charge in [-0.3, -0.25) is 14.3 Å². The van der Waals surface area contributed by atoms with Crippen LogP contribution in [0.3, 0.4) is 0 Å². The van der Waals surface area contributed by atoms with Crippen molar-refractivity contribution in [3.05, 3.63) is 51.8 Å². The molecule has 0 aliphatic carbocycles. The van der Waals surface area contributed by atoms with Crippen LogP contribution >= 0.6 is 11.6 Å². The van der Waals surface area contributed by atoms with Gasteiger partial charge in [0, 0.05) is 30.7 Å². The Morgan fingerprint density at radius 1 is 1.24 bits per heavy atom. The Kier molecular flexibility index (Phi) is 6.20. The van der Waals surface area contributed by atoms with Gasteiger partial charge in [0.2, 0.25) is 5.91 Å². The highest BCUT2D eigenvalue weighted by atomic mass is 35.5. The summed E-state index contributed by atoms with van der Waals surface area (Å²) in [4.78, 5) is 25.0. The summed E-state index contributed by atoms with van der Waals surface area (Å²) in [5, 5.41) is 14.0. The van der Waals surface area contributed by atoms with Crippen molar-refractivity contribution >= 4 is 23.5 Å². The quantitative estimate of drug-likeness (QED) is 0.820. The standard InChI is InChI=1S/C18H22ClN3O3/c1-12-16(13(2)21(3)20-12)8-9-17(23)22(11-18(24)25)10-14-4-6-15(19)7-5-14/h4-7H,8-11H2,1-3H3,(H,24,25). The summed E-state index contributed by atoms with van der Waals surface area (Å²) in [6, 6.07) is 7.03. The molecule has 0 saturated heterocycles. The number of nitrogens with zero attached hydrogens (tertiary/aromatic N) is 3. The third-order valence-corrected chi connectivity index (χ3v) is 4.47. The second-order valence-electron chi connectivity index (χ2n) is 6.04. The van der Waals surface area contributed by atoms with Crippen molar-refractivity contribution in [1.82, 2.24) is 14.7 Å². The largest absolute Gasteiger partial charge is 0.480 e. The number of aromatic nitrogens is 2. The number of halogens is 1. The molecular weight excluding hydrogens is 342 g/mol. The molecule has 1 heterocycles. The summed E-state index contributed by atoms with van der Waals surface area (Å²) in [5.74, 6) is -1.23. The monoisotopic (exact) mass is 363 g/mol. The molecular formula is C18H22ClN3O3. The van der Waals surface area contributed by atoms with E-state index in [1.807, 2.05) is 20.9 Å². The van der Waals surface area contributed by atoms with Crippen LogP contribution in [0.1, 0.15) is 28.9 Å². The van der Waals surface area contributed by atoms with Crippen LogP contribution in [0, 0.1) is 13.8 Å². The zero-order valence-corrected chi connectivity index (χ0v) is 15.4. The first kappa shape index (κ1) is 19.0. The van der Waals surface area contributed by atoms with Crippen molar-refractivity contribution < 1.29 is 14.7 Å². The van der Waals surface area contributed by atoms with E-state index >= 15 is 0 Å². The second kappa shape index (κ2) is 8.16. The molecule has 0 aliphatic rings. The van der Waals surface area contributed by atoms with Gasteiger partial charge in [-0.25, -0.2) is 0 Å². The molecule has 7 heteroatoms. The third-order valence-electron chi connectivity index (χ3n) is 4.21. The summed E-state index contributed by atoms with van der Waals surface area (Å²) in [5.41, 5.74) is 3.80. The highest BCUT2D eigenvalue weighted by Crippen LogP contribution is 2.16. The van der Waals surface area contributed by atoms with E-state index in [0.717, 1.165) is 22.5 Å². The van der Waals surface area contributed by atoms with Gasteiger partial charge < -0.3 is 10.0 Å². The summed E-state index contributed by atoms with van der Waals surface area (Å²) in [6.45, 7) is 3.79. The predicted molar refractivity (Wildman–Crippen MR) is 95.5 cm³/mol. The molecule has 2 rings (SSSR count). The fourth-order valence-corrected chi connectivity index (χ4v) is 2.90. The van der Waals surface area contributed by atoms with Gasteiger partial charge in [0.05, 0.1) is 5.69 Å². The normalized spacial score (nSPS) is 10.7. The Morgan fingerprint density at radius 3 is 2.40 bits per heavy atom. The number of carbonyl (C=O) groups excluding carboxylic acids is 1. The van der Waals surface area contributed by atoms with E-state index in [2.05, 4.69) is 5.10 Å². The molecule has 0 aliphatic heterocycles. The second-order valence-corrected chi connectivity index (χ2v) is 6.48. The molecule has 0 fully saturated rings. The lowest BCUT2D eigenvalue weighted by atomic mass is 10.1. The number of hydrogen-bond acceptors (Lipinski definition) is 3. The molecule has 25 heavy (non-hydrogen) atoms. The summed E-state index contributed by atoms with van der Waals surface area (Å²) in [6.07, 6.45) is 0.787. The molecule has 1 aromatic carbocycles. The van der Waals surface area contributed by atoms with Crippen molar-refractivity contribution in [3.63, 3.8) is 0 Å². The van der Waals surface area contributed by atoms with Crippen molar-refractivity contribution in [1.29, 1.82) is 0 Å². The third kappa shape index (κ3) is 5.06. The van der Waals surface area contributed by atoms with Crippen LogP contribution in [0.4, 0.5) is 0 Å². The van der Waals surface area contributed by atoms with Gasteiger partial charge in [-0.1, -0.05) is 23.7 Å². The SMILES string of the molecule is Cc1nn(C)c(C)c1CCC(=O)N(CC(=O)O)Cc1ccc(Cl)cc1. The van der Waals surface area contributed by atoms with Crippen molar-refractivity contribution in [2.45, 2.75) is 33.2 Å². The summed E-state index contributed by atoms with van der Waals surface area (Å²) in [7, 11) is 1.87. The Morgan fingerprint density at radius 2 is 1.88 bits per heavy atom. The van der Waals surface area contributed by atoms with Crippen LogP contribution in [-0.4, -0.2) is 38.2 Å². The van der Waals surface area contributed by atoms with Gasteiger partial charge in [0.25, 0.3) is 0 Å². The lowest BCUT2D eigenvalue weighted by molar-refractivity contribution is -0.144. The van der Waals surface area contributed by atoms with Gasteiger partial charge in [0.1, 0.15) is 6.54 Å². The molecule has 134 valence electrons. The molecule has 1 aromatic heterocycles. The van der Waals surface area contributed by atoms with E-state index in [4.69, 9.17) is 16.7 Å². The van der Waals surface area contributed by atoms with Gasteiger partial charge >= 0.3 is 5.97 Å². The first-order chi connectivity index (χ1) is 11.8. The summed E-state index contributed by atoms with van der Waals surface area (Å²) < 4.78 is 1.79. The number of benzene rings is 1. The topological polar surface area (TPSA) is 75.4 Å². The van der Waals surface area contributed by atoms with Crippen LogP contribution in [0.25, 0.3) is 0 Å². The molecule has 0 spiro atoms. The highest BCUT2D eigenvalue weighted by Gasteiger charge is 2.19. The van der Waals surface area contributed by atoms with Crippen LogP contribution in [0.5, 0.6) is 0 Å². The Balaban J connectivity index is 2.07. The number of aryl methyl sites for hydroxylation is 2. The fraction of sp³-hybridized carbons (Fsp3) is 0.389. The molecule has 0 bridgehead atoms. The van der Waals surface area contributed by atoms with E-state index in [9.17, 15) is 9.59 Å². The van der Waals surface area contributed by atoms with E-state index in [-0.39, 0.29) is 25.4 Å². The maximum atomic E-state index is 12.6. The maximum Gasteiger partial charge on any atom is 0.323 e. The Hall–Kier alpha value is -2.34. The molecule has 0 atom stereocenters. The molecule has 0 unspecified atom stereocenters. The first-order valence-corrected chi connectivity index (χ1v) is 8.38. The Labute approximate surface area is 152 Å². The minimum Gasteiger partial charge on any atom is -0.480 e. The predicted octanol–water partition coefficient (Wildman–Crippen LogP) is 2.74. The minimum atomic E-state index is -1.03. The number of aliphatic carboxylic acids is 1. The number of amides is 1. The molecule has 1 N–H and O–H groups in total. The molecule has 2 aromatic rings. The van der Waals surface area contributed by atoms with Gasteiger partial charge in [-0.05, 0) is 43.5 Å². The maximum absolute atomic E-state index is 12.6. The van der Waals surface area contributed by atoms with Gasteiger partial charge in [-0.15, -0.1) is 0 Å². The fourth-order valence-electron chi connectivity index (χ4n) is 2.78. The lowest BCUT2D eigenvalue weighted by Gasteiger charge is -2.21. The van der Waals surface area contributed by atoms with E-state index in [0.29, 0.717) is 11.4 Å². The molecule has 1 amide bonds. The first-order valence-electron chi connectivity index (χ1n) is 8.01. The Bertz CT molecular complexity index is 769. The highest BCUT2D eigenvalue weighted by molar-refractivity contribution is 6.30. The average Bonchev–Trinajstić information content (AvgIpc) is 2.79. The van der Waals surface area contributed by atoms with Crippen molar-refractivity contribution in [3.8, 4) is 0 Å². The lowest BCUT2D eigenvalue weighted by Crippen LogP contribution is -2.35. The number of hydrogen-bond donors (Lipinski definition) is 1. The van der Waals surface area contributed by atoms with Crippen LogP contribution in [-0.2, 0) is 29.6 Å². The molecule has 0 saturated carbocycles. The number of rotatable bonds is 7. The van der Waals surface area contributed by atoms with Crippen molar-refractivity contribution in [2.75, 3.05) is 6.54 Å². The number of carboxylic acid groups (broad SMARTS) is 1. The minimum absolute atomic E-state index is 0.194. The zero-order chi connectivity index (χ0) is 18.6. The number of carboxylic acids is 1. The van der Waals surface area contributed by atoms with Crippen LogP contribution in [0.2, 0.25) is 5.02 Å².